The Kier molecular flexibility index (Phi) is 11.4. The molecular weight excluding hydrogens is 803 g/mol. The largest absolute Gasteiger partial charge is 0.352 e. The van der Waals surface area contributed by atoms with E-state index in [-0.39, 0.29) is 91.5 Å². The van der Waals surface area contributed by atoms with Crippen LogP contribution in [0, 0.1) is 41.4 Å². The van der Waals surface area contributed by atoms with Crippen molar-refractivity contribution in [3.05, 3.63) is 144 Å². The Morgan fingerprint density at radius 2 is 0.734 bits per heavy atom. The lowest BCUT2D eigenvalue weighted by Gasteiger charge is -2.18. The molecule has 326 valence electrons. The summed E-state index contributed by atoms with van der Waals surface area (Å²) in [5.74, 6) is 0.921. The molecule has 6 fully saturated rings. The summed E-state index contributed by atoms with van der Waals surface area (Å²) in [6.07, 6.45) is 3.64. The third-order valence-electron chi connectivity index (χ3n) is 14.6. The van der Waals surface area contributed by atoms with Crippen LogP contribution in [0.4, 0.5) is 0 Å². The number of nitrogens with one attached hydrogen (secondary N) is 3. The van der Waals surface area contributed by atoms with Gasteiger partial charge in [-0.05, 0) is 59.8 Å². The molecule has 11 nitrogen and oxygen atoms in total. The molecule has 0 bridgehead atoms. The highest BCUT2D eigenvalue weighted by Crippen LogP contribution is 2.50. The molecule has 10 rings (SSSR count). The van der Waals surface area contributed by atoms with E-state index in [2.05, 4.69) is 52.1 Å². The molecule has 12 atom stereocenters. The average Bonchev–Trinajstić information content (AvgIpc) is 4.26. The molecule has 0 spiro atoms. The van der Waals surface area contributed by atoms with Gasteiger partial charge in [0.2, 0.25) is 17.7 Å². The molecule has 4 saturated carbocycles. The van der Waals surface area contributed by atoms with Gasteiger partial charge < -0.3 is 25.8 Å². The van der Waals surface area contributed by atoms with Crippen LogP contribution in [0.25, 0.3) is 0 Å². The minimum Gasteiger partial charge on any atom is -0.352 e. The predicted octanol–water partition coefficient (Wildman–Crippen LogP) is 4.92. The monoisotopic (exact) mass is 855 g/mol. The standard InChI is InChI=1S/C53H53N5O6/c59-48(24-36-23-37(36)32-13-5-1-6-14-32)41-28-57(29-42(41)51(62)54-45-25-38(45)33-15-7-2-8-16-33)49(60)21-22-50(61)58-30-43(52(63)55-46-26-39(46)34-17-9-3-10-18-34)44(31-58)53(64)56-47-27-40(47)35-19-11-4-12-20-35/h1-20,36-47H,23-31H2,(H,54,62)(H,55,63)(H,56,64)/t36-,37-,38-,39-,40-,41?,42-,43-,44-,45+,46+,47+/m1/s1. The lowest BCUT2D eigenvalue weighted by molar-refractivity contribution is -0.133. The molecule has 4 aromatic carbocycles. The number of carbonyl (C=O) groups is 6. The van der Waals surface area contributed by atoms with Crippen LogP contribution in [0.1, 0.15) is 78.0 Å². The number of hydrogen-bond donors (Lipinski definition) is 3. The maximum Gasteiger partial charge on any atom is 0.299 e. The Hall–Kier alpha value is -6.54. The number of carbonyl (C=O) groups excluding carboxylic acids is 6. The van der Waals surface area contributed by atoms with Gasteiger partial charge in [0.15, 0.2) is 0 Å². The van der Waals surface area contributed by atoms with Gasteiger partial charge in [-0.15, -0.1) is 0 Å². The summed E-state index contributed by atoms with van der Waals surface area (Å²) >= 11 is 0. The van der Waals surface area contributed by atoms with Crippen molar-refractivity contribution in [1.29, 1.82) is 0 Å². The van der Waals surface area contributed by atoms with Crippen LogP contribution in [-0.2, 0) is 28.8 Å². The van der Waals surface area contributed by atoms with Crippen LogP contribution in [0.5, 0.6) is 0 Å². The first-order valence-corrected chi connectivity index (χ1v) is 22.9. The number of rotatable bonds is 13. The van der Waals surface area contributed by atoms with Crippen LogP contribution >= 0.6 is 0 Å². The second-order valence-corrected chi connectivity index (χ2v) is 18.9. The van der Waals surface area contributed by atoms with Crippen LogP contribution in [0.2, 0.25) is 0 Å². The maximum absolute atomic E-state index is 14.0. The number of ketones is 1. The molecule has 2 heterocycles. The first-order chi connectivity index (χ1) is 31.2. The number of Topliss-reactive ketones (excluding diaryl/α,β-unsaturated/α-hetero) is 1. The highest BCUT2D eigenvalue weighted by atomic mass is 16.2. The SMILES string of the molecule is O=C(C[C@H]1C[C@@H]1c1ccccc1)C1CN(C(=O)C#CC(=O)N2C[C@@H](C(=O)N[C@H]3C[C@@H]3c3ccccc3)[C@H](C(=O)N[C@H]3C[C@@H]3c3ccccc3)C2)C[C@H]1C(=O)N[C@H]1C[C@@H]1c1ccccc1. The molecule has 64 heavy (non-hydrogen) atoms. The summed E-state index contributed by atoms with van der Waals surface area (Å²) in [6, 6.07) is 40.0. The van der Waals surface area contributed by atoms with Crippen molar-refractivity contribution < 1.29 is 28.8 Å². The average molecular weight is 856 g/mol. The summed E-state index contributed by atoms with van der Waals surface area (Å²) in [6.45, 7) is 0.0302. The highest BCUT2D eigenvalue weighted by molar-refractivity contribution is 6.04. The van der Waals surface area contributed by atoms with Crippen LogP contribution in [0.3, 0.4) is 0 Å². The zero-order chi connectivity index (χ0) is 43.9. The molecule has 1 unspecified atom stereocenters. The number of amides is 5. The quantitative estimate of drug-likeness (QED) is 0.163. The minimum absolute atomic E-state index is 0.0139. The molecule has 2 saturated heterocycles. The lowest BCUT2D eigenvalue weighted by Crippen LogP contribution is -2.43. The van der Waals surface area contributed by atoms with E-state index in [1.807, 2.05) is 97.1 Å². The maximum atomic E-state index is 14.0. The van der Waals surface area contributed by atoms with Gasteiger partial charge in [-0.2, -0.15) is 0 Å². The fraction of sp³-hybridized carbons (Fsp3) is 0.396. The van der Waals surface area contributed by atoms with Crippen LogP contribution < -0.4 is 16.0 Å². The van der Waals surface area contributed by atoms with Gasteiger partial charge in [0.1, 0.15) is 5.78 Å². The topological polar surface area (TPSA) is 145 Å². The molecule has 6 aliphatic rings. The molecule has 3 N–H and O–H groups in total. The van der Waals surface area contributed by atoms with Gasteiger partial charge in [-0.25, -0.2) is 0 Å². The van der Waals surface area contributed by atoms with Gasteiger partial charge in [0.25, 0.3) is 11.8 Å². The number of nitrogens with zero attached hydrogens (tertiary/aromatic N) is 2. The van der Waals surface area contributed by atoms with Crippen LogP contribution in [0.15, 0.2) is 121 Å². The molecule has 0 aromatic heterocycles. The van der Waals surface area contributed by atoms with E-state index < -0.39 is 35.5 Å². The Morgan fingerprint density at radius 3 is 1.09 bits per heavy atom. The van der Waals surface area contributed by atoms with Crippen molar-refractivity contribution in [3.8, 4) is 11.8 Å². The Morgan fingerprint density at radius 1 is 0.422 bits per heavy atom. The van der Waals surface area contributed by atoms with E-state index in [9.17, 15) is 28.8 Å². The third-order valence-corrected chi connectivity index (χ3v) is 14.6. The van der Waals surface area contributed by atoms with Crippen molar-refractivity contribution in [2.75, 3.05) is 26.2 Å². The second kappa shape index (κ2) is 17.6. The number of likely N-dealkylation sites (tertiary alicyclic amines) is 2. The summed E-state index contributed by atoms with van der Waals surface area (Å²) in [5, 5.41) is 9.46. The van der Waals surface area contributed by atoms with Crippen LogP contribution in [-0.4, -0.2) is 89.4 Å². The van der Waals surface area contributed by atoms with Gasteiger partial charge in [-0.1, -0.05) is 121 Å². The normalized spacial score (nSPS) is 30.6. The Labute approximate surface area is 373 Å². The predicted molar refractivity (Wildman–Crippen MR) is 239 cm³/mol. The van der Waals surface area contributed by atoms with Gasteiger partial charge in [0, 0.05) is 86.2 Å². The first kappa shape index (κ1) is 41.5. The highest BCUT2D eigenvalue weighted by Gasteiger charge is 2.50. The molecular formula is C53H53N5O6. The van der Waals surface area contributed by atoms with Crippen molar-refractivity contribution >= 4 is 35.3 Å². The van der Waals surface area contributed by atoms with Gasteiger partial charge in [0.05, 0.1) is 17.8 Å². The van der Waals surface area contributed by atoms with Crippen molar-refractivity contribution in [1.82, 2.24) is 25.8 Å². The molecule has 0 radical (unpaired) electrons. The fourth-order valence-electron chi connectivity index (χ4n) is 10.5. The summed E-state index contributed by atoms with van der Waals surface area (Å²) < 4.78 is 0. The number of hydrogen-bond acceptors (Lipinski definition) is 6. The van der Waals surface area contributed by atoms with E-state index in [0.29, 0.717) is 12.3 Å². The van der Waals surface area contributed by atoms with Crippen molar-refractivity contribution in [2.45, 2.75) is 73.9 Å². The smallest absolute Gasteiger partial charge is 0.299 e. The van der Waals surface area contributed by atoms with E-state index >= 15 is 0 Å². The Bertz CT molecular complexity index is 2170. The molecule has 11 heteroatoms. The van der Waals surface area contributed by atoms with E-state index in [0.717, 1.165) is 42.4 Å². The number of benzene rings is 4. The van der Waals surface area contributed by atoms with E-state index in [4.69, 9.17) is 0 Å². The van der Waals surface area contributed by atoms with E-state index in [1.54, 1.807) is 0 Å². The second-order valence-electron chi connectivity index (χ2n) is 18.9. The first-order valence-electron chi connectivity index (χ1n) is 22.9. The summed E-state index contributed by atoms with van der Waals surface area (Å²) in [5.41, 5.74) is 4.64. The zero-order valence-corrected chi connectivity index (χ0v) is 35.7. The van der Waals surface area contributed by atoms with E-state index in [1.165, 1.54) is 15.4 Å². The van der Waals surface area contributed by atoms with Gasteiger partial charge >= 0.3 is 0 Å². The van der Waals surface area contributed by atoms with Crippen molar-refractivity contribution in [3.63, 3.8) is 0 Å². The molecule has 4 aromatic rings. The lowest BCUT2D eigenvalue weighted by atomic mass is 9.88. The molecule has 2 aliphatic heterocycles. The molecule has 4 aliphatic carbocycles. The van der Waals surface area contributed by atoms with Crippen molar-refractivity contribution in [2.24, 2.45) is 29.6 Å². The molecule has 5 amide bonds. The van der Waals surface area contributed by atoms with Gasteiger partial charge in [-0.3, -0.25) is 28.8 Å². The fourth-order valence-corrected chi connectivity index (χ4v) is 10.5. The summed E-state index contributed by atoms with van der Waals surface area (Å²) in [7, 11) is 0. The Balaban J connectivity index is 0.802. The summed E-state index contributed by atoms with van der Waals surface area (Å²) in [4.78, 5) is 86.0. The zero-order valence-electron chi connectivity index (χ0n) is 35.7. The third kappa shape index (κ3) is 9.10. The minimum atomic E-state index is -0.794.